The number of nitrogens with zero attached hydrogens (tertiary/aromatic N) is 6. The Morgan fingerprint density at radius 1 is 0.184 bits per heavy atom. The van der Waals surface area contributed by atoms with Crippen LogP contribution < -0.4 is 0 Å². The zero-order valence-corrected chi connectivity index (χ0v) is 47.2. The first kappa shape index (κ1) is 49.8. The molecule has 406 valence electrons. The quantitative estimate of drug-likeness (QED) is 0.137. The summed E-state index contributed by atoms with van der Waals surface area (Å²) in [6.07, 6.45) is 0. The van der Waals surface area contributed by atoms with Crippen LogP contribution in [-0.4, -0.2) is 28.7 Å². The maximum absolute atomic E-state index is 5.46. The molecule has 0 spiro atoms. The van der Waals surface area contributed by atoms with Gasteiger partial charge >= 0.3 is 0 Å². The molecule has 87 heavy (non-hydrogen) atoms. The van der Waals surface area contributed by atoms with Gasteiger partial charge in [0.25, 0.3) is 0 Å². The van der Waals surface area contributed by atoms with Crippen LogP contribution in [-0.2, 0) is 0 Å². The van der Waals surface area contributed by atoms with Crippen molar-refractivity contribution in [2.24, 2.45) is 0 Å². The smallest absolute Gasteiger partial charge is 0.164 e. The van der Waals surface area contributed by atoms with Gasteiger partial charge < -0.3 is 13.7 Å². The molecule has 0 aliphatic heterocycles. The second-order valence-corrected chi connectivity index (χ2v) is 22.3. The van der Waals surface area contributed by atoms with E-state index in [1.54, 1.807) is 0 Å². The van der Waals surface area contributed by atoms with Crippen molar-refractivity contribution in [2.45, 2.75) is 0 Å². The van der Waals surface area contributed by atoms with E-state index in [4.69, 9.17) is 15.0 Å². The number of aromatic nitrogens is 6. The van der Waals surface area contributed by atoms with Crippen molar-refractivity contribution in [3.05, 3.63) is 315 Å². The summed E-state index contributed by atoms with van der Waals surface area (Å²) in [4.78, 5) is 16.2. The predicted octanol–water partition coefficient (Wildman–Crippen LogP) is 20.8. The first-order chi connectivity index (χ1) is 43.1. The molecule has 6 nitrogen and oxygen atoms in total. The van der Waals surface area contributed by atoms with E-state index in [9.17, 15) is 0 Å². The van der Waals surface area contributed by atoms with Crippen LogP contribution in [0, 0.1) is 0 Å². The molecule has 0 saturated heterocycles. The zero-order valence-electron chi connectivity index (χ0n) is 47.2. The molecule has 0 N–H and O–H groups in total. The van der Waals surface area contributed by atoms with Gasteiger partial charge in [0.15, 0.2) is 17.5 Å². The van der Waals surface area contributed by atoms with Crippen molar-refractivity contribution in [3.63, 3.8) is 0 Å². The highest BCUT2D eigenvalue weighted by molar-refractivity contribution is 6.15. The van der Waals surface area contributed by atoms with E-state index in [0.717, 1.165) is 111 Å². The van der Waals surface area contributed by atoms with Crippen LogP contribution in [0.3, 0.4) is 0 Å². The fraction of sp³-hybridized carbons (Fsp3) is 0. The molecule has 17 aromatic rings. The van der Waals surface area contributed by atoms with Gasteiger partial charge in [-0.25, -0.2) is 15.0 Å². The second-order valence-electron chi connectivity index (χ2n) is 22.3. The monoisotopic (exact) mass is 1110 g/mol. The highest BCUT2D eigenvalue weighted by Gasteiger charge is 2.25. The summed E-state index contributed by atoms with van der Waals surface area (Å²) in [5, 5.41) is 7.18. The van der Waals surface area contributed by atoms with Gasteiger partial charge in [-0.05, 0) is 100 Å². The van der Waals surface area contributed by atoms with E-state index in [1.165, 1.54) is 32.6 Å². The molecule has 6 heteroatoms. The normalized spacial score (nSPS) is 11.7. The number of rotatable bonds is 10. The Bertz CT molecular complexity index is 5200. The summed E-state index contributed by atoms with van der Waals surface area (Å²) in [5.74, 6) is 1.75. The van der Waals surface area contributed by atoms with Gasteiger partial charge in [-0.3, -0.25) is 0 Å². The van der Waals surface area contributed by atoms with Gasteiger partial charge in [0.1, 0.15) is 0 Å². The lowest BCUT2D eigenvalue weighted by atomic mass is 9.92. The van der Waals surface area contributed by atoms with Crippen molar-refractivity contribution in [2.75, 3.05) is 0 Å². The number of fused-ring (bicyclic) bond motifs is 9. The minimum absolute atomic E-state index is 0.571. The number of hydrogen-bond acceptors (Lipinski definition) is 3. The third kappa shape index (κ3) is 8.45. The molecule has 4 heterocycles. The van der Waals surface area contributed by atoms with Crippen molar-refractivity contribution < 1.29 is 0 Å². The van der Waals surface area contributed by atoms with Gasteiger partial charge in [0.2, 0.25) is 0 Å². The zero-order chi connectivity index (χ0) is 57.4. The van der Waals surface area contributed by atoms with Crippen molar-refractivity contribution in [1.29, 1.82) is 0 Å². The van der Waals surface area contributed by atoms with Crippen molar-refractivity contribution in [1.82, 2.24) is 28.7 Å². The van der Waals surface area contributed by atoms with Gasteiger partial charge in [0, 0.05) is 71.5 Å². The largest absolute Gasteiger partial charge is 0.309 e. The SMILES string of the molecule is c1ccc(-c2ccc(-c3nc(-c4ccc(-c5ccccc5)cc4)nc(-c4cc(-c5ccccc5)c(-n5c6ccc(-n7c8ccccc8c8ccccc87)cc6c6ccc(-n7c8ccccc8c8ccccc87)cc65)c(-c5ccccc5)c4)n3)cc2)cc1. The Morgan fingerprint density at radius 3 is 0.920 bits per heavy atom. The molecule has 0 fully saturated rings. The highest BCUT2D eigenvalue weighted by atomic mass is 15.0. The minimum Gasteiger partial charge on any atom is -0.309 e. The summed E-state index contributed by atoms with van der Waals surface area (Å²) in [7, 11) is 0. The summed E-state index contributed by atoms with van der Waals surface area (Å²) in [6.45, 7) is 0. The Labute approximate surface area is 502 Å². The molecule has 17 rings (SSSR count). The molecule has 0 unspecified atom stereocenters. The maximum Gasteiger partial charge on any atom is 0.164 e. The number of para-hydroxylation sites is 4. The minimum atomic E-state index is 0.571. The summed E-state index contributed by atoms with van der Waals surface area (Å²) in [5.41, 5.74) is 21.4. The Kier molecular flexibility index (Phi) is 11.8. The van der Waals surface area contributed by atoms with Gasteiger partial charge in [0.05, 0.1) is 38.8 Å². The molecule has 0 aliphatic rings. The Morgan fingerprint density at radius 2 is 0.494 bits per heavy atom. The lowest BCUT2D eigenvalue weighted by molar-refractivity contribution is 1.07. The third-order valence-electron chi connectivity index (χ3n) is 17.3. The molecule has 0 atom stereocenters. The van der Waals surface area contributed by atoms with Crippen LogP contribution in [0.1, 0.15) is 0 Å². The van der Waals surface area contributed by atoms with E-state index >= 15 is 0 Å². The fourth-order valence-corrected chi connectivity index (χ4v) is 13.2. The van der Waals surface area contributed by atoms with Gasteiger partial charge in [-0.15, -0.1) is 0 Å². The Balaban J connectivity index is 0.943. The second kappa shape index (κ2) is 20.6. The van der Waals surface area contributed by atoms with E-state index in [0.29, 0.717) is 17.5 Å². The van der Waals surface area contributed by atoms with Crippen molar-refractivity contribution >= 4 is 65.4 Å². The molecular weight excluding hydrogens is 1060 g/mol. The predicted molar refractivity (Wildman–Crippen MR) is 361 cm³/mol. The average molecular weight is 1110 g/mol. The lowest BCUT2D eigenvalue weighted by Crippen LogP contribution is -2.04. The molecule has 0 saturated carbocycles. The Hall–Kier alpha value is -11.7. The molecule has 4 aromatic heterocycles. The van der Waals surface area contributed by atoms with E-state index in [1.807, 2.05) is 12.1 Å². The van der Waals surface area contributed by atoms with Crippen molar-refractivity contribution in [3.8, 4) is 95.7 Å². The van der Waals surface area contributed by atoms with E-state index < -0.39 is 0 Å². The third-order valence-corrected chi connectivity index (χ3v) is 17.3. The fourth-order valence-electron chi connectivity index (χ4n) is 13.2. The maximum atomic E-state index is 5.46. The topological polar surface area (TPSA) is 53.5 Å². The van der Waals surface area contributed by atoms with Crippen LogP contribution in [0.5, 0.6) is 0 Å². The van der Waals surface area contributed by atoms with E-state index in [-0.39, 0.29) is 0 Å². The van der Waals surface area contributed by atoms with Crippen LogP contribution in [0.4, 0.5) is 0 Å². The lowest BCUT2D eigenvalue weighted by Gasteiger charge is -2.21. The van der Waals surface area contributed by atoms with Crippen LogP contribution >= 0.6 is 0 Å². The molecule has 0 aliphatic carbocycles. The molecule has 0 radical (unpaired) electrons. The number of benzene rings is 13. The summed E-state index contributed by atoms with van der Waals surface area (Å²) in [6, 6.07) is 113. The molecule has 0 amide bonds. The van der Waals surface area contributed by atoms with E-state index in [2.05, 4.69) is 317 Å². The molecule has 0 bridgehead atoms. The van der Waals surface area contributed by atoms with Crippen LogP contribution in [0.2, 0.25) is 0 Å². The number of hydrogen-bond donors (Lipinski definition) is 0. The first-order valence-corrected chi connectivity index (χ1v) is 29.6. The summed E-state index contributed by atoms with van der Waals surface area (Å²) < 4.78 is 7.38. The molecular formula is C81H52N6. The summed E-state index contributed by atoms with van der Waals surface area (Å²) >= 11 is 0. The highest BCUT2D eigenvalue weighted by Crippen LogP contribution is 2.46. The first-order valence-electron chi connectivity index (χ1n) is 29.6. The van der Waals surface area contributed by atoms with Gasteiger partial charge in [-0.2, -0.15) is 0 Å². The molecule has 13 aromatic carbocycles. The average Bonchev–Trinajstić information content (AvgIpc) is 1.93. The standard InChI is InChI=1S/C81H52N6/c1-5-21-53(22-6-1)55-37-41-59(42-38-55)79-82-80(60-43-39-56(40-44-60)54-23-7-2-8-24-54)84-81(83-79)61-49-69(57-25-9-3-10-26-57)78(70(50-61)58-27-11-4-12-28-58)87-76-48-46-62(85-72-33-17-13-29-64(72)65-30-14-18-34-73(65)85)51-71(76)68-47-45-63(52-77(68)87)86-74-35-19-15-31-66(74)67-32-16-20-36-75(67)86/h1-52H. The van der Waals surface area contributed by atoms with Crippen LogP contribution in [0.15, 0.2) is 315 Å². The van der Waals surface area contributed by atoms with Crippen LogP contribution in [0.25, 0.3) is 161 Å². The van der Waals surface area contributed by atoms with Gasteiger partial charge in [-0.1, -0.05) is 249 Å².